The summed E-state index contributed by atoms with van der Waals surface area (Å²) in [5, 5.41) is 8.33. The SMILES string of the molecule is CC.CCC(=O)CCC(N)C(=O)O. The van der Waals surface area contributed by atoms with Crippen LogP contribution < -0.4 is 5.73 Å². The Hall–Kier alpha value is -0.900. The predicted molar refractivity (Wildman–Crippen MR) is 51.5 cm³/mol. The van der Waals surface area contributed by atoms with Gasteiger partial charge < -0.3 is 10.8 Å². The van der Waals surface area contributed by atoms with E-state index in [2.05, 4.69) is 0 Å². The summed E-state index contributed by atoms with van der Waals surface area (Å²) in [6, 6.07) is -0.898. The largest absolute Gasteiger partial charge is 0.480 e. The molecule has 0 aliphatic rings. The summed E-state index contributed by atoms with van der Waals surface area (Å²) < 4.78 is 0. The average molecular weight is 189 g/mol. The molecular weight excluding hydrogens is 170 g/mol. The van der Waals surface area contributed by atoms with E-state index in [1.54, 1.807) is 6.92 Å². The van der Waals surface area contributed by atoms with Crippen molar-refractivity contribution in [2.75, 3.05) is 0 Å². The van der Waals surface area contributed by atoms with Gasteiger partial charge in [0.05, 0.1) is 0 Å². The lowest BCUT2D eigenvalue weighted by Crippen LogP contribution is -2.30. The number of carbonyl (C=O) groups is 2. The number of rotatable bonds is 5. The molecule has 4 nitrogen and oxygen atoms in total. The van der Waals surface area contributed by atoms with Gasteiger partial charge in [-0.15, -0.1) is 0 Å². The molecule has 0 bridgehead atoms. The topological polar surface area (TPSA) is 80.4 Å². The molecule has 3 N–H and O–H groups in total. The van der Waals surface area contributed by atoms with E-state index in [1.165, 1.54) is 0 Å². The molecule has 0 aromatic heterocycles. The van der Waals surface area contributed by atoms with E-state index >= 15 is 0 Å². The molecule has 0 amide bonds. The monoisotopic (exact) mass is 189 g/mol. The Morgan fingerprint density at radius 1 is 1.38 bits per heavy atom. The van der Waals surface area contributed by atoms with Gasteiger partial charge in [-0.05, 0) is 6.42 Å². The van der Waals surface area contributed by atoms with Crippen LogP contribution in [0.15, 0.2) is 0 Å². The number of carboxylic acid groups (broad SMARTS) is 1. The van der Waals surface area contributed by atoms with Crippen LogP contribution in [-0.2, 0) is 9.59 Å². The molecule has 0 saturated heterocycles. The first kappa shape index (κ1) is 14.6. The zero-order valence-electron chi connectivity index (χ0n) is 8.54. The number of Topliss-reactive ketones (excluding diaryl/α,β-unsaturated/α-hetero) is 1. The molecule has 1 atom stereocenters. The molecule has 0 aromatic carbocycles. The lowest BCUT2D eigenvalue weighted by Gasteiger charge is -2.03. The Kier molecular flexibility index (Phi) is 10.3. The fraction of sp³-hybridized carbons (Fsp3) is 0.778. The van der Waals surface area contributed by atoms with Crippen molar-refractivity contribution < 1.29 is 14.7 Å². The maximum Gasteiger partial charge on any atom is 0.320 e. The van der Waals surface area contributed by atoms with Gasteiger partial charge in [-0.3, -0.25) is 9.59 Å². The average Bonchev–Trinajstić information content (AvgIpc) is 2.16. The van der Waals surface area contributed by atoms with E-state index in [4.69, 9.17) is 10.8 Å². The normalized spacial score (nSPS) is 11.1. The molecule has 0 aromatic rings. The summed E-state index contributed by atoms with van der Waals surface area (Å²) in [4.78, 5) is 20.9. The molecule has 0 aliphatic heterocycles. The van der Waals surface area contributed by atoms with Crippen molar-refractivity contribution in [3.05, 3.63) is 0 Å². The van der Waals surface area contributed by atoms with E-state index in [9.17, 15) is 9.59 Å². The molecule has 78 valence electrons. The van der Waals surface area contributed by atoms with Crippen LogP contribution in [0.3, 0.4) is 0 Å². The van der Waals surface area contributed by atoms with Crippen LogP contribution in [0, 0.1) is 0 Å². The fourth-order valence-corrected chi connectivity index (χ4v) is 0.617. The number of aliphatic carboxylic acids is 1. The van der Waals surface area contributed by atoms with Crippen molar-refractivity contribution >= 4 is 11.8 Å². The smallest absolute Gasteiger partial charge is 0.320 e. The maximum absolute atomic E-state index is 10.7. The summed E-state index contributed by atoms with van der Waals surface area (Å²) in [7, 11) is 0. The van der Waals surface area contributed by atoms with Gasteiger partial charge in [0, 0.05) is 12.8 Å². The molecular formula is C9H19NO3. The van der Waals surface area contributed by atoms with Crippen molar-refractivity contribution in [1.82, 2.24) is 0 Å². The molecule has 0 saturated carbocycles. The minimum atomic E-state index is -1.05. The van der Waals surface area contributed by atoms with E-state index in [0.29, 0.717) is 6.42 Å². The Morgan fingerprint density at radius 2 is 1.85 bits per heavy atom. The first-order valence-corrected chi connectivity index (χ1v) is 4.58. The molecule has 0 heterocycles. The standard InChI is InChI=1S/C7H13NO3.C2H6/c1-2-5(9)3-4-6(8)7(10)11;1-2/h6H,2-4,8H2,1H3,(H,10,11);1-2H3. The van der Waals surface area contributed by atoms with Gasteiger partial charge >= 0.3 is 5.97 Å². The van der Waals surface area contributed by atoms with Gasteiger partial charge in [-0.25, -0.2) is 0 Å². The van der Waals surface area contributed by atoms with E-state index in [0.717, 1.165) is 0 Å². The molecule has 13 heavy (non-hydrogen) atoms. The second-order valence-electron chi connectivity index (χ2n) is 2.38. The number of nitrogens with two attached hydrogens (primary N) is 1. The molecule has 4 heteroatoms. The summed E-state index contributed by atoms with van der Waals surface area (Å²) in [6.45, 7) is 5.74. The highest BCUT2D eigenvalue weighted by Gasteiger charge is 2.11. The second kappa shape index (κ2) is 9.19. The quantitative estimate of drug-likeness (QED) is 0.680. The minimum Gasteiger partial charge on any atom is -0.480 e. The van der Waals surface area contributed by atoms with Crippen LogP contribution in [0.5, 0.6) is 0 Å². The van der Waals surface area contributed by atoms with Gasteiger partial charge in [-0.2, -0.15) is 0 Å². The third-order valence-electron chi connectivity index (χ3n) is 1.45. The van der Waals surface area contributed by atoms with Crippen LogP contribution in [0.2, 0.25) is 0 Å². The first-order valence-electron chi connectivity index (χ1n) is 4.58. The molecule has 0 fully saturated rings. The van der Waals surface area contributed by atoms with Crippen LogP contribution in [0.25, 0.3) is 0 Å². The number of carboxylic acids is 1. The van der Waals surface area contributed by atoms with Gasteiger partial charge in [-0.1, -0.05) is 20.8 Å². The van der Waals surface area contributed by atoms with Crippen LogP contribution >= 0.6 is 0 Å². The lowest BCUT2D eigenvalue weighted by molar-refractivity contribution is -0.138. The Morgan fingerprint density at radius 3 is 2.15 bits per heavy atom. The molecule has 0 rings (SSSR count). The lowest BCUT2D eigenvalue weighted by atomic mass is 10.1. The highest BCUT2D eigenvalue weighted by molar-refractivity contribution is 5.79. The second-order valence-corrected chi connectivity index (χ2v) is 2.38. The Labute approximate surface area is 79.1 Å². The van der Waals surface area contributed by atoms with E-state index in [-0.39, 0.29) is 18.6 Å². The van der Waals surface area contributed by atoms with Gasteiger partial charge in [0.25, 0.3) is 0 Å². The number of carbonyl (C=O) groups excluding carboxylic acids is 1. The van der Waals surface area contributed by atoms with Crippen LogP contribution in [0.1, 0.15) is 40.0 Å². The fourth-order valence-electron chi connectivity index (χ4n) is 0.617. The number of hydrogen-bond donors (Lipinski definition) is 2. The number of ketones is 1. The highest BCUT2D eigenvalue weighted by Crippen LogP contribution is 1.97. The Bertz CT molecular complexity index is 157. The summed E-state index contributed by atoms with van der Waals surface area (Å²) in [6.07, 6.45) is 0.957. The third kappa shape index (κ3) is 9.01. The van der Waals surface area contributed by atoms with Crippen molar-refractivity contribution in [2.45, 2.75) is 46.1 Å². The Balaban J connectivity index is 0. The minimum absolute atomic E-state index is 0.0571. The summed E-state index contributed by atoms with van der Waals surface area (Å²) >= 11 is 0. The van der Waals surface area contributed by atoms with E-state index in [1.807, 2.05) is 13.8 Å². The maximum atomic E-state index is 10.7. The summed E-state index contributed by atoms with van der Waals surface area (Å²) in [5.74, 6) is -0.990. The zero-order chi connectivity index (χ0) is 10.9. The first-order chi connectivity index (χ1) is 6.07. The highest BCUT2D eigenvalue weighted by atomic mass is 16.4. The predicted octanol–water partition coefficient (Wildman–Crippen LogP) is 1.18. The van der Waals surface area contributed by atoms with Gasteiger partial charge in [0.15, 0.2) is 0 Å². The van der Waals surface area contributed by atoms with Crippen molar-refractivity contribution in [3.63, 3.8) is 0 Å². The molecule has 0 aliphatic carbocycles. The number of hydrogen-bond acceptors (Lipinski definition) is 3. The van der Waals surface area contributed by atoms with Crippen molar-refractivity contribution in [1.29, 1.82) is 0 Å². The van der Waals surface area contributed by atoms with Crippen molar-refractivity contribution in [2.24, 2.45) is 5.73 Å². The third-order valence-corrected chi connectivity index (χ3v) is 1.45. The van der Waals surface area contributed by atoms with E-state index < -0.39 is 12.0 Å². The van der Waals surface area contributed by atoms with Gasteiger partial charge in [0.2, 0.25) is 0 Å². The zero-order valence-corrected chi connectivity index (χ0v) is 8.54. The van der Waals surface area contributed by atoms with Crippen LogP contribution in [0.4, 0.5) is 0 Å². The van der Waals surface area contributed by atoms with Crippen molar-refractivity contribution in [3.8, 4) is 0 Å². The summed E-state index contributed by atoms with van der Waals surface area (Å²) in [5.41, 5.74) is 5.17. The molecule has 1 unspecified atom stereocenters. The molecule has 0 spiro atoms. The van der Waals surface area contributed by atoms with Crippen LogP contribution in [-0.4, -0.2) is 22.9 Å². The van der Waals surface area contributed by atoms with Gasteiger partial charge in [0.1, 0.15) is 11.8 Å². The molecule has 0 radical (unpaired) electrons.